The minimum Gasteiger partial charge on any atom is -0.395 e. The summed E-state index contributed by atoms with van der Waals surface area (Å²) in [7, 11) is 0. The second-order valence-corrected chi connectivity index (χ2v) is 5.75. The van der Waals surface area contributed by atoms with Crippen molar-refractivity contribution >= 4 is 17.7 Å². The summed E-state index contributed by atoms with van der Waals surface area (Å²) >= 11 is 0. The topological polar surface area (TPSA) is 124 Å². The van der Waals surface area contributed by atoms with Crippen molar-refractivity contribution in [2.24, 2.45) is 5.92 Å². The van der Waals surface area contributed by atoms with Gasteiger partial charge in [0.05, 0.1) is 18.3 Å². The Labute approximate surface area is 142 Å². The summed E-state index contributed by atoms with van der Waals surface area (Å²) in [5, 5.41) is 13.4. The molecule has 25 heavy (non-hydrogen) atoms. The number of imidazole rings is 1. The number of nitrogens with zero attached hydrogens (tertiary/aromatic N) is 4. The van der Waals surface area contributed by atoms with Gasteiger partial charge in [-0.3, -0.25) is 19.7 Å². The van der Waals surface area contributed by atoms with Gasteiger partial charge in [0.1, 0.15) is 4.92 Å². The Kier molecular flexibility index (Phi) is 4.78. The standard InChI is InChI=1S/C15H17N5O5/c21-14(17-4-1-6-18-7-5-16-10-18)11-8-19(9-11)15(22)12-2-3-13(25-12)20(23)24/h2-3,5,7,10-11H,1,4,6,8-9H2,(H,17,21). The molecule has 2 aromatic heterocycles. The van der Waals surface area contributed by atoms with Crippen LogP contribution in [0.2, 0.25) is 0 Å². The first-order valence-corrected chi connectivity index (χ1v) is 7.81. The molecule has 0 aromatic carbocycles. The van der Waals surface area contributed by atoms with Crippen LogP contribution >= 0.6 is 0 Å². The third kappa shape index (κ3) is 3.84. The average Bonchev–Trinajstić information content (AvgIpc) is 3.21. The normalized spacial score (nSPS) is 14.2. The molecule has 0 atom stereocenters. The number of carbonyl (C=O) groups is 2. The number of aromatic nitrogens is 2. The number of amides is 2. The summed E-state index contributed by atoms with van der Waals surface area (Å²) in [5.41, 5.74) is 0. The summed E-state index contributed by atoms with van der Waals surface area (Å²) < 4.78 is 6.81. The van der Waals surface area contributed by atoms with E-state index in [2.05, 4.69) is 10.3 Å². The number of furan rings is 1. The van der Waals surface area contributed by atoms with Crippen molar-refractivity contribution < 1.29 is 18.9 Å². The van der Waals surface area contributed by atoms with Gasteiger partial charge in [-0.1, -0.05) is 0 Å². The fourth-order valence-electron chi connectivity index (χ4n) is 2.54. The molecule has 2 aromatic rings. The molecule has 2 amide bonds. The second-order valence-electron chi connectivity index (χ2n) is 5.75. The molecule has 1 fully saturated rings. The van der Waals surface area contributed by atoms with E-state index in [-0.39, 0.29) is 30.7 Å². The van der Waals surface area contributed by atoms with E-state index in [0.29, 0.717) is 6.54 Å². The summed E-state index contributed by atoms with van der Waals surface area (Å²) in [6.45, 7) is 1.88. The van der Waals surface area contributed by atoms with Crippen LogP contribution in [0.25, 0.3) is 0 Å². The largest absolute Gasteiger partial charge is 0.433 e. The molecule has 1 aliphatic rings. The maximum atomic E-state index is 12.1. The Morgan fingerprint density at radius 3 is 2.84 bits per heavy atom. The van der Waals surface area contributed by atoms with Crippen molar-refractivity contribution in [3.8, 4) is 0 Å². The third-order valence-electron chi connectivity index (χ3n) is 3.97. The van der Waals surface area contributed by atoms with E-state index in [1.54, 1.807) is 12.5 Å². The smallest absolute Gasteiger partial charge is 0.395 e. The van der Waals surface area contributed by atoms with E-state index < -0.39 is 16.7 Å². The van der Waals surface area contributed by atoms with E-state index in [4.69, 9.17) is 4.42 Å². The first-order valence-electron chi connectivity index (χ1n) is 7.81. The molecule has 10 heteroatoms. The van der Waals surface area contributed by atoms with Crippen molar-refractivity contribution in [2.75, 3.05) is 19.6 Å². The van der Waals surface area contributed by atoms with Crippen LogP contribution in [0.15, 0.2) is 35.3 Å². The first-order chi connectivity index (χ1) is 12.0. The van der Waals surface area contributed by atoms with E-state index in [1.807, 2.05) is 10.8 Å². The molecule has 0 unspecified atom stereocenters. The highest BCUT2D eigenvalue weighted by Gasteiger charge is 2.37. The van der Waals surface area contributed by atoms with Gasteiger partial charge in [-0.05, 0) is 12.5 Å². The number of rotatable bonds is 7. The summed E-state index contributed by atoms with van der Waals surface area (Å²) in [6.07, 6.45) is 6.06. The maximum absolute atomic E-state index is 12.1. The fourth-order valence-corrected chi connectivity index (χ4v) is 2.54. The van der Waals surface area contributed by atoms with E-state index >= 15 is 0 Å². The average molecular weight is 347 g/mol. The molecule has 3 rings (SSSR count). The Bertz CT molecular complexity index is 763. The summed E-state index contributed by atoms with van der Waals surface area (Å²) in [5.74, 6) is -1.37. The van der Waals surface area contributed by atoms with Crippen molar-refractivity contribution in [3.05, 3.63) is 46.7 Å². The second kappa shape index (κ2) is 7.16. The lowest BCUT2D eigenvalue weighted by Gasteiger charge is -2.37. The lowest BCUT2D eigenvalue weighted by molar-refractivity contribution is -0.402. The molecule has 1 aliphatic heterocycles. The number of likely N-dealkylation sites (tertiary alicyclic amines) is 1. The molecule has 1 N–H and O–H groups in total. The monoisotopic (exact) mass is 347 g/mol. The zero-order valence-electron chi connectivity index (χ0n) is 13.3. The van der Waals surface area contributed by atoms with Crippen LogP contribution in [0, 0.1) is 16.0 Å². The minimum atomic E-state index is -0.701. The molecular weight excluding hydrogens is 330 g/mol. The lowest BCUT2D eigenvalue weighted by Crippen LogP contribution is -2.55. The molecule has 1 saturated heterocycles. The number of carbonyl (C=O) groups excluding carboxylic acids is 2. The van der Waals surface area contributed by atoms with Gasteiger partial charge < -0.3 is 19.2 Å². The lowest BCUT2D eigenvalue weighted by atomic mass is 9.99. The van der Waals surface area contributed by atoms with Gasteiger partial charge in [0.15, 0.2) is 5.76 Å². The summed E-state index contributed by atoms with van der Waals surface area (Å²) in [6, 6.07) is 2.40. The van der Waals surface area contributed by atoms with Crippen molar-refractivity contribution in [1.82, 2.24) is 19.8 Å². The number of nitro groups is 1. The quantitative estimate of drug-likeness (QED) is 0.446. The molecule has 132 valence electrons. The molecule has 0 radical (unpaired) electrons. The molecule has 0 bridgehead atoms. The van der Waals surface area contributed by atoms with E-state index in [0.717, 1.165) is 19.0 Å². The first kappa shape index (κ1) is 16.7. The van der Waals surface area contributed by atoms with Crippen LogP contribution in [-0.2, 0) is 11.3 Å². The van der Waals surface area contributed by atoms with E-state index in [9.17, 15) is 19.7 Å². The number of nitrogens with one attached hydrogen (secondary N) is 1. The van der Waals surface area contributed by atoms with Gasteiger partial charge in [0.2, 0.25) is 5.91 Å². The minimum absolute atomic E-state index is 0.0918. The molecule has 0 saturated carbocycles. The number of aryl methyl sites for hydroxylation is 1. The SMILES string of the molecule is O=C(NCCCn1ccnc1)C1CN(C(=O)c2ccc([N+](=O)[O-])o2)C1. The Morgan fingerprint density at radius 2 is 2.20 bits per heavy atom. The van der Waals surface area contributed by atoms with Crippen LogP contribution in [0.1, 0.15) is 17.0 Å². The van der Waals surface area contributed by atoms with Crippen LogP contribution in [0.4, 0.5) is 5.88 Å². The van der Waals surface area contributed by atoms with Gasteiger partial charge in [-0.15, -0.1) is 0 Å². The van der Waals surface area contributed by atoms with Crippen molar-refractivity contribution in [3.63, 3.8) is 0 Å². The Morgan fingerprint density at radius 1 is 1.40 bits per heavy atom. The number of hydrogen-bond acceptors (Lipinski definition) is 6. The zero-order valence-corrected chi connectivity index (χ0v) is 13.3. The zero-order chi connectivity index (χ0) is 17.8. The predicted octanol–water partition coefficient (Wildman–Crippen LogP) is 0.663. The van der Waals surface area contributed by atoms with Crippen LogP contribution in [0.5, 0.6) is 0 Å². The van der Waals surface area contributed by atoms with Gasteiger partial charge in [-0.25, -0.2) is 4.98 Å². The third-order valence-corrected chi connectivity index (χ3v) is 3.97. The molecule has 0 aliphatic carbocycles. The molecular formula is C15H17N5O5. The van der Waals surface area contributed by atoms with Gasteiger partial charge >= 0.3 is 5.88 Å². The van der Waals surface area contributed by atoms with Crippen LogP contribution < -0.4 is 5.32 Å². The Hall–Kier alpha value is -3.17. The highest BCUT2D eigenvalue weighted by molar-refractivity contribution is 5.94. The van der Waals surface area contributed by atoms with Crippen LogP contribution in [0.3, 0.4) is 0 Å². The summed E-state index contributed by atoms with van der Waals surface area (Å²) in [4.78, 5) is 39.3. The highest BCUT2D eigenvalue weighted by atomic mass is 16.6. The Balaban J connectivity index is 1.38. The van der Waals surface area contributed by atoms with E-state index in [1.165, 1.54) is 11.0 Å². The number of hydrogen-bond donors (Lipinski definition) is 1. The highest BCUT2D eigenvalue weighted by Crippen LogP contribution is 2.22. The molecule has 0 spiro atoms. The van der Waals surface area contributed by atoms with Gasteiger partial charge in [-0.2, -0.15) is 0 Å². The van der Waals surface area contributed by atoms with Gasteiger partial charge in [0, 0.05) is 38.6 Å². The van der Waals surface area contributed by atoms with Crippen molar-refractivity contribution in [1.29, 1.82) is 0 Å². The maximum Gasteiger partial charge on any atom is 0.433 e. The van der Waals surface area contributed by atoms with Gasteiger partial charge in [0.25, 0.3) is 5.91 Å². The molecule has 10 nitrogen and oxygen atoms in total. The predicted molar refractivity (Wildman–Crippen MR) is 84.6 cm³/mol. The van der Waals surface area contributed by atoms with Crippen LogP contribution in [-0.4, -0.2) is 50.8 Å². The molecule has 3 heterocycles. The fraction of sp³-hybridized carbons (Fsp3) is 0.400. The van der Waals surface area contributed by atoms with Crippen molar-refractivity contribution in [2.45, 2.75) is 13.0 Å².